The van der Waals surface area contributed by atoms with Crippen molar-refractivity contribution in [2.24, 2.45) is 5.92 Å². The Morgan fingerprint density at radius 1 is 1.22 bits per heavy atom. The molecule has 2 aliphatic heterocycles. The smallest absolute Gasteiger partial charge is 0.270 e. The molecule has 2 saturated heterocycles. The van der Waals surface area contributed by atoms with E-state index in [1.165, 1.54) is 11.8 Å². The van der Waals surface area contributed by atoms with Crippen molar-refractivity contribution in [1.29, 1.82) is 5.26 Å². The highest BCUT2D eigenvalue weighted by atomic mass is 32.2. The number of piperidine rings is 1. The van der Waals surface area contributed by atoms with Crippen LogP contribution in [0.15, 0.2) is 40.0 Å². The fourth-order valence-corrected chi connectivity index (χ4v) is 6.45. The van der Waals surface area contributed by atoms with Gasteiger partial charge in [-0.1, -0.05) is 74.6 Å². The Balaban J connectivity index is 1.84. The minimum absolute atomic E-state index is 0.143. The van der Waals surface area contributed by atoms with E-state index in [9.17, 15) is 14.9 Å². The number of thiocarbonyl (C=S) groups is 1. The van der Waals surface area contributed by atoms with E-state index in [0.717, 1.165) is 55.7 Å². The van der Waals surface area contributed by atoms with E-state index >= 15 is 0 Å². The van der Waals surface area contributed by atoms with Gasteiger partial charge in [0.1, 0.15) is 21.8 Å². The summed E-state index contributed by atoms with van der Waals surface area (Å²) in [7, 11) is 0. The summed E-state index contributed by atoms with van der Waals surface area (Å²) in [5.41, 5.74) is 2.30. The highest BCUT2D eigenvalue weighted by Crippen LogP contribution is 2.40. The summed E-state index contributed by atoms with van der Waals surface area (Å²) in [5, 5.41) is 9.91. The molecular weight excluding hydrogens is 500 g/mol. The lowest BCUT2D eigenvalue weighted by molar-refractivity contribution is -0.123. The number of nitriles is 1. The lowest BCUT2D eigenvalue weighted by atomic mass is 9.97. The zero-order chi connectivity index (χ0) is 26.7. The third-order valence-electron chi connectivity index (χ3n) is 7.43. The van der Waals surface area contributed by atoms with Crippen LogP contribution in [-0.2, 0) is 11.3 Å². The summed E-state index contributed by atoms with van der Waals surface area (Å²) in [6, 6.07) is 11.8. The van der Waals surface area contributed by atoms with Gasteiger partial charge in [-0.25, -0.2) is 0 Å². The second-order valence-electron chi connectivity index (χ2n) is 9.97. The van der Waals surface area contributed by atoms with Crippen LogP contribution in [0.2, 0.25) is 0 Å². The van der Waals surface area contributed by atoms with Crippen LogP contribution in [0.4, 0.5) is 5.82 Å². The number of rotatable bonds is 7. The summed E-state index contributed by atoms with van der Waals surface area (Å²) < 4.78 is 2.28. The third kappa shape index (κ3) is 5.39. The standard InChI is InChI=1S/C29H34N4O2S2/c1-5-6-14-32-26(31-15-12-19(2)13-16-31)23(20(3)24(18-30)27(32)34)17-25-28(35)33(29(36)37-25)21(4)22-10-8-7-9-11-22/h7-11,17,19,21H,5-6,12-16H2,1-4H3. The molecule has 1 amide bonds. The Morgan fingerprint density at radius 2 is 1.89 bits per heavy atom. The highest BCUT2D eigenvalue weighted by Gasteiger charge is 2.37. The van der Waals surface area contributed by atoms with Crippen LogP contribution in [0, 0.1) is 24.2 Å². The molecule has 194 valence electrons. The maximum Gasteiger partial charge on any atom is 0.270 e. The van der Waals surface area contributed by atoms with Gasteiger partial charge in [0.25, 0.3) is 11.5 Å². The molecule has 0 aliphatic carbocycles. The number of hydrogen-bond acceptors (Lipinski definition) is 6. The molecule has 1 atom stereocenters. The van der Waals surface area contributed by atoms with Crippen LogP contribution >= 0.6 is 24.0 Å². The molecule has 37 heavy (non-hydrogen) atoms. The molecule has 2 fully saturated rings. The summed E-state index contributed by atoms with van der Waals surface area (Å²) in [6.07, 6.45) is 5.71. The van der Waals surface area contributed by atoms with Crippen molar-refractivity contribution in [3.63, 3.8) is 0 Å². The number of amides is 1. The number of carbonyl (C=O) groups excluding carboxylic acids is 1. The predicted octanol–water partition coefficient (Wildman–Crippen LogP) is 6.03. The van der Waals surface area contributed by atoms with Crippen molar-refractivity contribution in [3.8, 4) is 6.07 Å². The van der Waals surface area contributed by atoms with Crippen molar-refractivity contribution in [2.45, 2.75) is 66.0 Å². The molecule has 0 bridgehead atoms. The summed E-state index contributed by atoms with van der Waals surface area (Å²) in [4.78, 5) is 31.6. The van der Waals surface area contributed by atoms with Gasteiger partial charge in [0.2, 0.25) is 0 Å². The number of anilines is 1. The molecule has 4 rings (SSSR count). The van der Waals surface area contributed by atoms with Crippen molar-refractivity contribution >= 4 is 46.1 Å². The van der Waals surface area contributed by atoms with Gasteiger partial charge < -0.3 is 4.90 Å². The number of aromatic nitrogens is 1. The van der Waals surface area contributed by atoms with Gasteiger partial charge in [-0.05, 0) is 56.2 Å². The Bertz CT molecular complexity index is 1320. The van der Waals surface area contributed by atoms with Crippen LogP contribution in [0.1, 0.15) is 74.8 Å². The fourth-order valence-electron chi connectivity index (χ4n) is 5.05. The zero-order valence-electron chi connectivity index (χ0n) is 22.0. The lowest BCUT2D eigenvalue weighted by Gasteiger charge is -2.35. The van der Waals surface area contributed by atoms with Gasteiger partial charge in [-0.2, -0.15) is 5.26 Å². The molecular formula is C29H34N4O2S2. The Kier molecular flexibility index (Phi) is 8.56. The molecule has 2 aromatic rings. The van der Waals surface area contributed by atoms with Gasteiger partial charge in [0, 0.05) is 25.2 Å². The van der Waals surface area contributed by atoms with Gasteiger partial charge >= 0.3 is 0 Å². The molecule has 1 aromatic carbocycles. The van der Waals surface area contributed by atoms with Gasteiger partial charge in [-0.15, -0.1) is 0 Å². The van der Waals surface area contributed by atoms with Crippen LogP contribution in [0.25, 0.3) is 6.08 Å². The van der Waals surface area contributed by atoms with Gasteiger partial charge in [-0.3, -0.25) is 19.1 Å². The quantitative estimate of drug-likeness (QED) is 0.319. The summed E-state index contributed by atoms with van der Waals surface area (Å²) >= 11 is 6.94. The normalized spacial score (nSPS) is 18.5. The molecule has 1 unspecified atom stereocenters. The van der Waals surface area contributed by atoms with E-state index < -0.39 is 0 Å². The first-order valence-electron chi connectivity index (χ1n) is 13.0. The van der Waals surface area contributed by atoms with E-state index in [-0.39, 0.29) is 23.1 Å². The van der Waals surface area contributed by atoms with E-state index in [1.807, 2.05) is 50.3 Å². The molecule has 8 heteroatoms. The number of thioether (sulfide) groups is 1. The highest BCUT2D eigenvalue weighted by molar-refractivity contribution is 8.26. The number of unbranched alkanes of at least 4 members (excludes halogenated alkanes) is 1. The number of carbonyl (C=O) groups is 1. The van der Waals surface area contributed by atoms with Crippen LogP contribution in [-0.4, -0.2) is 32.8 Å². The minimum Gasteiger partial charge on any atom is -0.357 e. The molecule has 0 N–H and O–H groups in total. The number of nitrogens with zero attached hydrogens (tertiary/aromatic N) is 4. The number of hydrogen-bond donors (Lipinski definition) is 0. The largest absolute Gasteiger partial charge is 0.357 e. The Labute approximate surface area is 229 Å². The van der Waals surface area contributed by atoms with E-state index in [0.29, 0.717) is 27.3 Å². The summed E-state index contributed by atoms with van der Waals surface area (Å²) in [6.45, 7) is 10.4. The van der Waals surface area contributed by atoms with Crippen LogP contribution in [0.3, 0.4) is 0 Å². The maximum atomic E-state index is 13.7. The predicted molar refractivity (Wildman–Crippen MR) is 156 cm³/mol. The molecule has 0 saturated carbocycles. The minimum atomic E-state index is -0.246. The Hall–Kier alpha value is -2.89. The third-order valence-corrected chi connectivity index (χ3v) is 8.76. The monoisotopic (exact) mass is 534 g/mol. The first kappa shape index (κ1) is 27.2. The molecule has 3 heterocycles. The topological polar surface area (TPSA) is 69.3 Å². The van der Waals surface area contributed by atoms with Gasteiger partial charge in [0.15, 0.2) is 0 Å². The Morgan fingerprint density at radius 3 is 2.51 bits per heavy atom. The summed E-state index contributed by atoms with van der Waals surface area (Å²) in [5.74, 6) is 1.31. The molecule has 0 radical (unpaired) electrons. The number of benzene rings is 1. The van der Waals surface area contributed by atoms with Crippen LogP contribution in [0.5, 0.6) is 0 Å². The van der Waals surface area contributed by atoms with E-state index in [4.69, 9.17) is 12.2 Å². The van der Waals surface area contributed by atoms with Crippen molar-refractivity contribution in [1.82, 2.24) is 9.47 Å². The fraction of sp³-hybridized carbons (Fsp3) is 0.448. The molecule has 0 spiro atoms. The maximum absolute atomic E-state index is 13.7. The van der Waals surface area contributed by atoms with E-state index in [1.54, 1.807) is 9.47 Å². The van der Waals surface area contributed by atoms with Crippen molar-refractivity contribution < 1.29 is 4.79 Å². The SMILES string of the molecule is CCCCn1c(N2CCC(C)CC2)c(C=C2SC(=S)N(C(C)c3ccccc3)C2=O)c(C)c(C#N)c1=O. The number of pyridine rings is 1. The average Bonchev–Trinajstić information content (AvgIpc) is 3.18. The molecule has 2 aliphatic rings. The first-order valence-corrected chi connectivity index (χ1v) is 14.2. The van der Waals surface area contributed by atoms with Crippen LogP contribution < -0.4 is 10.5 Å². The van der Waals surface area contributed by atoms with E-state index in [2.05, 4.69) is 24.8 Å². The zero-order valence-corrected chi connectivity index (χ0v) is 23.6. The first-order chi connectivity index (χ1) is 17.8. The molecule has 1 aromatic heterocycles. The lowest BCUT2D eigenvalue weighted by Crippen LogP contribution is -2.39. The molecule has 6 nitrogen and oxygen atoms in total. The van der Waals surface area contributed by atoms with Crippen molar-refractivity contribution in [2.75, 3.05) is 18.0 Å². The van der Waals surface area contributed by atoms with Gasteiger partial charge in [0.05, 0.1) is 10.9 Å². The second kappa shape index (κ2) is 11.7. The second-order valence-corrected chi connectivity index (χ2v) is 11.6. The van der Waals surface area contributed by atoms with Crippen molar-refractivity contribution in [3.05, 3.63) is 67.8 Å². The average molecular weight is 535 g/mol.